The molecule has 1 amide bonds. The molecule has 0 aromatic heterocycles. The Morgan fingerprint density at radius 1 is 1.29 bits per heavy atom. The molecule has 5 atom stereocenters. The number of aliphatic hydroxyl groups is 3. The Morgan fingerprint density at radius 3 is 2.36 bits per heavy atom. The van der Waals surface area contributed by atoms with Crippen LogP contribution in [0.1, 0.15) is 13.8 Å². The first-order valence-electron chi connectivity index (χ1n) is 4.40. The fourth-order valence-electron chi connectivity index (χ4n) is 1.44. The second-order valence-electron chi connectivity index (χ2n) is 3.44. The Kier molecular flexibility index (Phi) is 3.43. The minimum absolute atomic E-state index is 0.404. The van der Waals surface area contributed by atoms with E-state index < -0.39 is 36.6 Å². The van der Waals surface area contributed by atoms with Crippen molar-refractivity contribution in [1.82, 2.24) is 5.32 Å². The van der Waals surface area contributed by atoms with Gasteiger partial charge in [-0.15, -0.1) is 0 Å². The summed E-state index contributed by atoms with van der Waals surface area (Å²) in [5.41, 5.74) is 0. The Bertz CT molecular complexity index is 222. The fourth-order valence-corrected chi connectivity index (χ4v) is 1.44. The minimum Gasteiger partial charge on any atom is -0.388 e. The molecule has 6 heteroatoms. The van der Waals surface area contributed by atoms with E-state index in [1.165, 1.54) is 13.8 Å². The number of rotatable bonds is 1. The third kappa shape index (κ3) is 2.21. The summed E-state index contributed by atoms with van der Waals surface area (Å²) in [5.74, 6) is -0.404. The summed E-state index contributed by atoms with van der Waals surface area (Å²) in [7, 11) is 0. The van der Waals surface area contributed by atoms with Crippen molar-refractivity contribution in [2.24, 2.45) is 0 Å². The Hall–Kier alpha value is -0.690. The molecule has 0 aromatic rings. The lowest BCUT2D eigenvalue weighted by atomic mass is 9.98. The molecule has 1 aliphatic rings. The third-order valence-corrected chi connectivity index (χ3v) is 2.23. The summed E-state index contributed by atoms with van der Waals surface area (Å²) < 4.78 is 4.91. The summed E-state index contributed by atoms with van der Waals surface area (Å²) in [6.45, 7) is 2.78. The zero-order chi connectivity index (χ0) is 10.9. The lowest BCUT2D eigenvalue weighted by molar-refractivity contribution is -0.242. The highest BCUT2D eigenvalue weighted by molar-refractivity contribution is 5.73. The van der Waals surface area contributed by atoms with E-state index in [0.29, 0.717) is 0 Å². The first-order valence-corrected chi connectivity index (χ1v) is 4.40. The smallest absolute Gasteiger partial charge is 0.217 e. The maximum absolute atomic E-state index is 10.7. The maximum Gasteiger partial charge on any atom is 0.217 e. The van der Waals surface area contributed by atoms with Gasteiger partial charge in [-0.25, -0.2) is 0 Å². The predicted molar refractivity (Wildman–Crippen MR) is 46.2 cm³/mol. The molecule has 1 fully saturated rings. The van der Waals surface area contributed by atoms with Crippen molar-refractivity contribution < 1.29 is 24.9 Å². The number of carbonyl (C=O) groups excluding carboxylic acids is 1. The van der Waals surface area contributed by atoms with Crippen molar-refractivity contribution in [3.8, 4) is 0 Å². The van der Waals surface area contributed by atoms with Crippen LogP contribution in [-0.4, -0.2) is 51.9 Å². The number of carbonyl (C=O) groups is 1. The van der Waals surface area contributed by atoms with Gasteiger partial charge in [0.25, 0.3) is 0 Å². The number of ether oxygens (including phenoxy) is 1. The van der Waals surface area contributed by atoms with Crippen LogP contribution in [-0.2, 0) is 9.53 Å². The molecule has 1 heterocycles. The monoisotopic (exact) mass is 205 g/mol. The van der Waals surface area contributed by atoms with E-state index in [9.17, 15) is 20.1 Å². The number of nitrogens with one attached hydrogen (secondary N) is 1. The van der Waals surface area contributed by atoms with Crippen molar-refractivity contribution in [2.75, 3.05) is 0 Å². The normalized spacial score (nSPS) is 43.4. The van der Waals surface area contributed by atoms with E-state index in [2.05, 4.69) is 5.32 Å². The van der Waals surface area contributed by atoms with Crippen LogP contribution in [0.15, 0.2) is 0 Å². The lowest BCUT2D eigenvalue weighted by Crippen LogP contribution is -2.62. The topological polar surface area (TPSA) is 99.0 Å². The van der Waals surface area contributed by atoms with Gasteiger partial charge in [0.05, 0.1) is 6.10 Å². The summed E-state index contributed by atoms with van der Waals surface area (Å²) in [4.78, 5) is 10.7. The molecule has 1 rings (SSSR count). The van der Waals surface area contributed by atoms with Crippen LogP contribution in [0.5, 0.6) is 0 Å². The maximum atomic E-state index is 10.7. The molecular weight excluding hydrogens is 190 g/mol. The van der Waals surface area contributed by atoms with E-state index in [1.54, 1.807) is 0 Å². The second kappa shape index (κ2) is 4.22. The Labute approximate surface area is 81.5 Å². The zero-order valence-electron chi connectivity index (χ0n) is 8.04. The van der Waals surface area contributed by atoms with Gasteiger partial charge in [-0.1, -0.05) is 0 Å². The van der Waals surface area contributed by atoms with Gasteiger partial charge in [0, 0.05) is 6.92 Å². The molecule has 0 aliphatic carbocycles. The van der Waals surface area contributed by atoms with Crippen LogP contribution in [0.25, 0.3) is 0 Å². The zero-order valence-corrected chi connectivity index (χ0v) is 8.04. The van der Waals surface area contributed by atoms with E-state index in [1.807, 2.05) is 0 Å². The van der Waals surface area contributed by atoms with Gasteiger partial charge in [-0.2, -0.15) is 0 Å². The SMILES string of the molecule is CC(=O)N[C@@H]1C(O)O[C@H](C)[C@@H](O)[C@@H]1O. The Morgan fingerprint density at radius 2 is 1.86 bits per heavy atom. The van der Waals surface area contributed by atoms with Crippen molar-refractivity contribution in [3.05, 3.63) is 0 Å². The minimum atomic E-state index is -1.30. The van der Waals surface area contributed by atoms with Crippen LogP contribution in [0.4, 0.5) is 0 Å². The van der Waals surface area contributed by atoms with Crippen LogP contribution >= 0.6 is 0 Å². The molecule has 0 spiro atoms. The first kappa shape index (κ1) is 11.4. The van der Waals surface area contributed by atoms with Gasteiger partial charge in [0.1, 0.15) is 18.2 Å². The highest BCUT2D eigenvalue weighted by Gasteiger charge is 2.42. The third-order valence-electron chi connectivity index (χ3n) is 2.23. The van der Waals surface area contributed by atoms with Crippen molar-refractivity contribution in [2.45, 2.75) is 44.5 Å². The average Bonchev–Trinajstić information content (AvgIpc) is 2.09. The molecule has 0 radical (unpaired) electrons. The average molecular weight is 205 g/mol. The number of hydrogen-bond donors (Lipinski definition) is 4. The van der Waals surface area contributed by atoms with E-state index >= 15 is 0 Å². The van der Waals surface area contributed by atoms with Crippen molar-refractivity contribution in [3.63, 3.8) is 0 Å². The van der Waals surface area contributed by atoms with Crippen LogP contribution < -0.4 is 5.32 Å². The highest BCUT2D eigenvalue weighted by Crippen LogP contribution is 2.19. The molecule has 82 valence electrons. The van der Waals surface area contributed by atoms with Gasteiger partial charge >= 0.3 is 0 Å². The van der Waals surface area contributed by atoms with E-state index in [0.717, 1.165) is 0 Å². The molecular formula is C8H15NO5. The molecule has 6 nitrogen and oxygen atoms in total. The second-order valence-corrected chi connectivity index (χ2v) is 3.44. The first-order chi connectivity index (χ1) is 6.43. The van der Waals surface area contributed by atoms with Crippen LogP contribution in [0.3, 0.4) is 0 Å². The summed E-state index contributed by atoms with van der Waals surface area (Å²) >= 11 is 0. The van der Waals surface area contributed by atoms with Gasteiger partial charge in [-0.3, -0.25) is 4.79 Å². The highest BCUT2D eigenvalue weighted by atomic mass is 16.6. The molecule has 1 unspecified atom stereocenters. The molecule has 1 aliphatic heterocycles. The molecule has 4 N–H and O–H groups in total. The van der Waals surface area contributed by atoms with Gasteiger partial charge < -0.3 is 25.4 Å². The van der Waals surface area contributed by atoms with E-state index in [4.69, 9.17) is 4.74 Å². The van der Waals surface area contributed by atoms with Crippen LogP contribution in [0, 0.1) is 0 Å². The summed E-state index contributed by atoms with van der Waals surface area (Å²) in [5, 5.41) is 30.6. The molecule has 0 saturated carbocycles. The largest absolute Gasteiger partial charge is 0.388 e. The quantitative estimate of drug-likeness (QED) is 0.395. The number of hydrogen-bond acceptors (Lipinski definition) is 5. The molecule has 1 saturated heterocycles. The fraction of sp³-hybridized carbons (Fsp3) is 0.875. The number of aliphatic hydroxyl groups excluding tert-OH is 3. The van der Waals surface area contributed by atoms with Crippen LogP contribution in [0.2, 0.25) is 0 Å². The summed E-state index contributed by atoms with van der Waals surface area (Å²) in [6, 6.07) is -0.987. The van der Waals surface area contributed by atoms with Gasteiger partial charge in [0.2, 0.25) is 5.91 Å². The number of amides is 1. The molecule has 0 bridgehead atoms. The van der Waals surface area contributed by atoms with Gasteiger partial charge in [-0.05, 0) is 6.92 Å². The molecule has 14 heavy (non-hydrogen) atoms. The van der Waals surface area contributed by atoms with Gasteiger partial charge in [0.15, 0.2) is 6.29 Å². The predicted octanol–water partition coefficient (Wildman–Crippen LogP) is -2.05. The Balaban J connectivity index is 2.68. The van der Waals surface area contributed by atoms with Crippen molar-refractivity contribution in [1.29, 1.82) is 0 Å². The standard InChI is InChI=1S/C8H15NO5/c1-3-6(11)7(12)5(8(13)14-3)9-4(2)10/h3,5-8,11-13H,1-2H3,(H,9,10)/t3-,5+,6-,7-,8?/m1/s1. The van der Waals surface area contributed by atoms with E-state index in [-0.39, 0.29) is 0 Å². The molecule has 0 aromatic carbocycles. The lowest BCUT2D eigenvalue weighted by Gasteiger charge is -2.39. The van der Waals surface area contributed by atoms with Crippen molar-refractivity contribution >= 4 is 5.91 Å². The summed E-state index contributed by atoms with van der Waals surface area (Å²) in [6.07, 6.45) is -4.30.